The van der Waals surface area contributed by atoms with E-state index in [2.05, 4.69) is 40.4 Å². The van der Waals surface area contributed by atoms with Crippen LogP contribution in [0.5, 0.6) is 0 Å². The molecule has 1 heterocycles. The molecule has 2 rings (SSSR count). The van der Waals surface area contributed by atoms with Gasteiger partial charge in [0.05, 0.1) is 11.5 Å². The molecule has 0 fully saturated rings. The Morgan fingerprint density at radius 3 is 2.25 bits per heavy atom. The Morgan fingerprint density at radius 1 is 1.14 bits per heavy atom. The molecular formula is C22H33NO3SSi. The van der Waals surface area contributed by atoms with Gasteiger partial charge in [0.15, 0.2) is 8.32 Å². The zero-order chi connectivity index (χ0) is 21.2. The van der Waals surface area contributed by atoms with E-state index in [-0.39, 0.29) is 5.04 Å². The van der Waals surface area contributed by atoms with E-state index in [4.69, 9.17) is 4.43 Å². The summed E-state index contributed by atoms with van der Waals surface area (Å²) in [7, 11) is -5.31. The van der Waals surface area contributed by atoms with E-state index in [1.807, 2.05) is 31.2 Å². The largest absolute Gasteiger partial charge is 0.413 e. The molecule has 0 N–H and O–H groups in total. The van der Waals surface area contributed by atoms with E-state index in [0.29, 0.717) is 24.6 Å². The molecule has 1 aliphatic heterocycles. The van der Waals surface area contributed by atoms with Crippen molar-refractivity contribution in [2.45, 2.75) is 50.7 Å². The second kappa shape index (κ2) is 8.49. The topological polar surface area (TPSA) is 46.6 Å². The molecule has 0 spiro atoms. The van der Waals surface area contributed by atoms with Gasteiger partial charge in [0.1, 0.15) is 0 Å². The average molecular weight is 420 g/mol. The highest BCUT2D eigenvalue weighted by Gasteiger charge is 2.36. The number of hydrogen-bond acceptors (Lipinski definition) is 3. The van der Waals surface area contributed by atoms with Crippen LogP contribution < -0.4 is 0 Å². The Labute approximate surface area is 171 Å². The van der Waals surface area contributed by atoms with Crippen LogP contribution in [0.15, 0.2) is 65.1 Å². The predicted octanol–water partition coefficient (Wildman–Crippen LogP) is 5.06. The fourth-order valence-corrected chi connectivity index (χ4v) is 5.03. The van der Waals surface area contributed by atoms with Gasteiger partial charge in [-0.1, -0.05) is 63.3 Å². The first-order valence-electron chi connectivity index (χ1n) is 9.60. The zero-order valence-corrected chi connectivity index (χ0v) is 19.8. The third-order valence-electron chi connectivity index (χ3n) is 5.68. The van der Waals surface area contributed by atoms with Gasteiger partial charge in [-0.3, -0.25) is 0 Å². The summed E-state index contributed by atoms with van der Waals surface area (Å²) in [6.07, 6.45) is 5.72. The summed E-state index contributed by atoms with van der Waals surface area (Å²) < 4.78 is 33.6. The summed E-state index contributed by atoms with van der Waals surface area (Å²) in [6.45, 7) is 18.1. The van der Waals surface area contributed by atoms with Crippen LogP contribution in [-0.2, 0) is 14.4 Å². The van der Waals surface area contributed by atoms with Crippen LogP contribution >= 0.6 is 0 Å². The second-order valence-electron chi connectivity index (χ2n) is 8.81. The maximum atomic E-state index is 12.9. The lowest BCUT2D eigenvalue weighted by Crippen LogP contribution is -2.40. The summed E-state index contributed by atoms with van der Waals surface area (Å²) in [5, 5.41) is 0.165. The fourth-order valence-electron chi connectivity index (χ4n) is 2.69. The SMILES string of the molecule is C=CC1=C(/C=C/CO[Si](C)(C)C(C)(C)C)CN(S(=O)(=O)c2ccc(C)cc2)C1. The molecule has 0 unspecified atom stereocenters. The first kappa shape index (κ1) is 22.8. The summed E-state index contributed by atoms with van der Waals surface area (Å²) >= 11 is 0. The van der Waals surface area contributed by atoms with Gasteiger partial charge < -0.3 is 4.43 Å². The Hall–Kier alpha value is -1.47. The smallest absolute Gasteiger partial charge is 0.243 e. The van der Waals surface area contributed by atoms with Gasteiger partial charge in [0.25, 0.3) is 0 Å². The van der Waals surface area contributed by atoms with E-state index in [1.165, 1.54) is 4.31 Å². The molecule has 0 aliphatic carbocycles. The number of benzene rings is 1. The van der Waals surface area contributed by atoms with E-state index in [0.717, 1.165) is 16.7 Å². The third-order valence-corrected chi connectivity index (χ3v) is 12.0. The summed E-state index contributed by atoms with van der Waals surface area (Å²) in [5.74, 6) is 0. The Balaban J connectivity index is 2.08. The lowest BCUT2D eigenvalue weighted by Gasteiger charge is -2.35. The third kappa shape index (κ3) is 5.11. The van der Waals surface area contributed by atoms with Gasteiger partial charge >= 0.3 is 0 Å². The first-order chi connectivity index (χ1) is 12.9. The summed E-state index contributed by atoms with van der Waals surface area (Å²) in [5.41, 5.74) is 2.96. The molecule has 1 aromatic carbocycles. The Morgan fingerprint density at radius 2 is 1.71 bits per heavy atom. The van der Waals surface area contributed by atoms with Crippen LogP contribution in [0.3, 0.4) is 0 Å². The van der Waals surface area contributed by atoms with E-state index in [1.54, 1.807) is 18.2 Å². The molecule has 154 valence electrons. The first-order valence-corrected chi connectivity index (χ1v) is 13.9. The Bertz CT molecular complexity index is 875. The molecule has 0 atom stereocenters. The predicted molar refractivity (Wildman–Crippen MR) is 119 cm³/mol. The molecule has 0 radical (unpaired) electrons. The minimum atomic E-state index is -3.52. The molecule has 28 heavy (non-hydrogen) atoms. The molecule has 0 amide bonds. The monoisotopic (exact) mass is 419 g/mol. The molecule has 4 nitrogen and oxygen atoms in total. The number of rotatable bonds is 7. The van der Waals surface area contributed by atoms with Gasteiger partial charge in [0, 0.05) is 13.1 Å². The van der Waals surface area contributed by atoms with E-state index < -0.39 is 18.3 Å². The lowest BCUT2D eigenvalue weighted by atomic mass is 10.1. The van der Waals surface area contributed by atoms with Crippen molar-refractivity contribution in [1.82, 2.24) is 4.31 Å². The normalized spacial score (nSPS) is 16.9. The standard InChI is InChI=1S/C22H33NO3SSi/c1-8-19-16-23(27(24,25)21-13-11-18(2)12-14-21)17-20(19)10-9-15-26-28(6,7)22(3,4)5/h8-14H,1,15-17H2,2-7H3/b10-9+. The lowest BCUT2D eigenvalue weighted by molar-refractivity contribution is 0.328. The van der Waals surface area contributed by atoms with Crippen LogP contribution in [0, 0.1) is 6.92 Å². The number of nitrogens with zero attached hydrogens (tertiary/aromatic N) is 1. The van der Waals surface area contributed by atoms with Crippen LogP contribution in [0.25, 0.3) is 0 Å². The van der Waals surface area contributed by atoms with Gasteiger partial charge in [0.2, 0.25) is 10.0 Å². The molecule has 1 aliphatic rings. The molecule has 0 saturated carbocycles. The maximum Gasteiger partial charge on any atom is 0.243 e. The molecule has 0 aromatic heterocycles. The summed E-state index contributed by atoms with van der Waals surface area (Å²) in [4.78, 5) is 0.327. The van der Waals surface area contributed by atoms with Crippen molar-refractivity contribution >= 4 is 18.3 Å². The quantitative estimate of drug-likeness (QED) is 0.580. The number of sulfonamides is 1. The van der Waals surface area contributed by atoms with Crippen LogP contribution in [0.1, 0.15) is 26.3 Å². The molecule has 0 saturated heterocycles. The molecule has 1 aromatic rings. The van der Waals surface area contributed by atoms with E-state index in [9.17, 15) is 8.42 Å². The van der Waals surface area contributed by atoms with Crippen molar-refractivity contribution in [3.63, 3.8) is 0 Å². The van der Waals surface area contributed by atoms with Crippen LogP contribution in [-0.4, -0.2) is 40.7 Å². The highest BCUT2D eigenvalue weighted by Crippen LogP contribution is 2.36. The molecule has 0 bridgehead atoms. The summed E-state index contributed by atoms with van der Waals surface area (Å²) in [6, 6.07) is 6.98. The van der Waals surface area contributed by atoms with Crippen molar-refractivity contribution in [2.24, 2.45) is 0 Å². The van der Waals surface area contributed by atoms with Crippen molar-refractivity contribution in [2.75, 3.05) is 19.7 Å². The number of aryl methyl sites for hydroxylation is 1. The van der Waals surface area contributed by atoms with Crippen molar-refractivity contribution in [3.05, 3.63) is 65.8 Å². The maximum absolute atomic E-state index is 12.9. The van der Waals surface area contributed by atoms with Crippen molar-refractivity contribution in [1.29, 1.82) is 0 Å². The highest BCUT2D eigenvalue weighted by molar-refractivity contribution is 7.89. The number of hydrogen-bond donors (Lipinski definition) is 0. The van der Waals surface area contributed by atoms with Gasteiger partial charge in [-0.25, -0.2) is 8.42 Å². The Kier molecular flexibility index (Phi) is 6.92. The average Bonchev–Trinajstić information content (AvgIpc) is 3.02. The fraction of sp³-hybridized carbons (Fsp3) is 0.455. The second-order valence-corrected chi connectivity index (χ2v) is 15.6. The highest BCUT2D eigenvalue weighted by atomic mass is 32.2. The molecule has 6 heteroatoms. The van der Waals surface area contributed by atoms with Gasteiger partial charge in [-0.15, -0.1) is 0 Å². The van der Waals surface area contributed by atoms with Crippen molar-refractivity contribution in [3.8, 4) is 0 Å². The van der Waals surface area contributed by atoms with Gasteiger partial charge in [-0.2, -0.15) is 4.31 Å². The minimum absolute atomic E-state index is 0.165. The van der Waals surface area contributed by atoms with Crippen molar-refractivity contribution < 1.29 is 12.8 Å². The van der Waals surface area contributed by atoms with E-state index >= 15 is 0 Å². The molecular weight excluding hydrogens is 386 g/mol. The van der Waals surface area contributed by atoms with Crippen LogP contribution in [0.2, 0.25) is 18.1 Å². The van der Waals surface area contributed by atoms with Crippen LogP contribution in [0.4, 0.5) is 0 Å². The zero-order valence-electron chi connectivity index (χ0n) is 18.0. The van der Waals surface area contributed by atoms with Gasteiger partial charge in [-0.05, 0) is 48.3 Å². The minimum Gasteiger partial charge on any atom is -0.413 e.